The number of amides is 1. The van der Waals surface area contributed by atoms with Crippen LogP contribution in [0.2, 0.25) is 0 Å². The summed E-state index contributed by atoms with van der Waals surface area (Å²) in [4.78, 5) is 46.3. The van der Waals surface area contributed by atoms with Crippen molar-refractivity contribution >= 4 is 29.2 Å². The van der Waals surface area contributed by atoms with Crippen LogP contribution >= 0.6 is 11.8 Å². The minimum Gasteiger partial charge on any atom is -0.383 e. The van der Waals surface area contributed by atoms with E-state index in [1.807, 2.05) is 37.3 Å². The second-order valence-corrected chi connectivity index (χ2v) is 9.62. The molecule has 10 heteroatoms. The van der Waals surface area contributed by atoms with Gasteiger partial charge in [0.05, 0.1) is 18.0 Å². The van der Waals surface area contributed by atoms with Crippen LogP contribution in [0, 0.1) is 13.8 Å². The number of anilines is 2. The minimum absolute atomic E-state index is 0.0346. The number of nitrogens with two attached hydrogens (primary N) is 1. The molecule has 34 heavy (non-hydrogen) atoms. The third kappa shape index (κ3) is 4.68. The highest BCUT2D eigenvalue weighted by Crippen LogP contribution is 2.35. The van der Waals surface area contributed by atoms with E-state index < -0.39 is 11.2 Å². The number of nitrogen functional groups attached to an aromatic ring is 1. The molecule has 0 bridgehead atoms. The Morgan fingerprint density at radius 3 is 2.56 bits per heavy atom. The van der Waals surface area contributed by atoms with Gasteiger partial charge >= 0.3 is 5.69 Å². The van der Waals surface area contributed by atoms with Gasteiger partial charge in [0, 0.05) is 18.8 Å². The van der Waals surface area contributed by atoms with Crippen molar-refractivity contribution in [1.29, 1.82) is 0 Å². The molecule has 0 atom stereocenters. The number of H-pyrrole nitrogens is 1. The van der Waals surface area contributed by atoms with E-state index in [4.69, 9.17) is 5.73 Å². The Hall–Kier alpha value is -3.27. The van der Waals surface area contributed by atoms with Gasteiger partial charge in [-0.2, -0.15) is 0 Å². The predicted octanol–water partition coefficient (Wildman–Crippen LogP) is 2.85. The second-order valence-electron chi connectivity index (χ2n) is 8.68. The summed E-state index contributed by atoms with van der Waals surface area (Å²) in [6.07, 6.45) is 4.64. The van der Waals surface area contributed by atoms with Crippen LogP contribution in [0.1, 0.15) is 48.7 Å². The highest BCUT2D eigenvalue weighted by molar-refractivity contribution is 7.99. The molecule has 0 spiro atoms. The fourth-order valence-corrected chi connectivity index (χ4v) is 5.54. The van der Waals surface area contributed by atoms with Crippen LogP contribution in [-0.2, 0) is 11.3 Å². The van der Waals surface area contributed by atoms with Crippen LogP contribution in [0.3, 0.4) is 0 Å². The van der Waals surface area contributed by atoms with E-state index >= 15 is 0 Å². The Labute approximate surface area is 202 Å². The first-order valence-corrected chi connectivity index (χ1v) is 12.4. The lowest BCUT2D eigenvalue weighted by Crippen LogP contribution is -2.40. The normalized spacial score (nSPS) is 14.0. The van der Waals surface area contributed by atoms with Crippen molar-refractivity contribution < 1.29 is 4.79 Å². The van der Waals surface area contributed by atoms with E-state index in [9.17, 15) is 14.4 Å². The molecule has 1 aliphatic rings. The molecule has 0 aliphatic heterocycles. The molecular weight excluding hydrogens is 452 g/mol. The van der Waals surface area contributed by atoms with Crippen LogP contribution in [0.25, 0.3) is 0 Å². The van der Waals surface area contributed by atoms with Crippen LogP contribution < -0.4 is 21.9 Å². The van der Waals surface area contributed by atoms with Gasteiger partial charge in [0.25, 0.3) is 5.56 Å². The number of aromatic amines is 1. The van der Waals surface area contributed by atoms with Crippen LogP contribution in [0.4, 0.5) is 11.5 Å². The van der Waals surface area contributed by atoms with Crippen molar-refractivity contribution in [1.82, 2.24) is 19.1 Å². The van der Waals surface area contributed by atoms with E-state index in [-0.39, 0.29) is 29.7 Å². The summed E-state index contributed by atoms with van der Waals surface area (Å²) in [5, 5.41) is 0.819. The molecule has 0 saturated heterocycles. The fraction of sp³-hybridized carbons (Fsp3) is 0.417. The Balaban J connectivity index is 1.56. The van der Waals surface area contributed by atoms with E-state index in [1.54, 1.807) is 0 Å². The highest BCUT2D eigenvalue weighted by atomic mass is 32.2. The van der Waals surface area contributed by atoms with Gasteiger partial charge in [-0.25, -0.2) is 9.78 Å². The lowest BCUT2D eigenvalue weighted by Gasteiger charge is -2.21. The first-order chi connectivity index (χ1) is 16.3. The van der Waals surface area contributed by atoms with Gasteiger partial charge in [-0.1, -0.05) is 54.9 Å². The maximum atomic E-state index is 13.1. The zero-order valence-corrected chi connectivity index (χ0v) is 20.5. The zero-order chi connectivity index (χ0) is 24.4. The molecule has 1 saturated carbocycles. The standard InChI is InChI=1S/C24H30N6O3S/c1-15-16(2)30(18-11-7-8-12-18)24(26-15)34-14-19(31)28(3)20-21(25)29(23(33)27-22(20)32)13-17-9-5-4-6-10-17/h4-6,9-10,18H,7-8,11-14,25H2,1-3H3,(H,27,32,33). The fourth-order valence-electron chi connectivity index (χ4n) is 4.46. The van der Waals surface area contributed by atoms with Crippen molar-refractivity contribution in [2.75, 3.05) is 23.4 Å². The molecule has 1 aromatic carbocycles. The van der Waals surface area contributed by atoms with Crippen molar-refractivity contribution in [3.05, 3.63) is 68.1 Å². The van der Waals surface area contributed by atoms with Crippen LogP contribution in [-0.4, -0.2) is 37.8 Å². The maximum absolute atomic E-state index is 13.1. The van der Waals surface area contributed by atoms with Crippen molar-refractivity contribution in [2.24, 2.45) is 0 Å². The Morgan fingerprint density at radius 2 is 1.88 bits per heavy atom. The number of aromatic nitrogens is 4. The molecule has 1 aliphatic carbocycles. The molecular formula is C24H30N6O3S. The molecule has 1 fully saturated rings. The minimum atomic E-state index is -0.688. The summed E-state index contributed by atoms with van der Waals surface area (Å²) in [5.41, 5.74) is 7.84. The third-order valence-electron chi connectivity index (χ3n) is 6.48. The van der Waals surface area contributed by atoms with E-state index in [0.29, 0.717) is 6.04 Å². The van der Waals surface area contributed by atoms with Gasteiger partial charge in [0.2, 0.25) is 5.91 Å². The lowest BCUT2D eigenvalue weighted by atomic mass is 10.2. The first-order valence-electron chi connectivity index (χ1n) is 11.4. The van der Waals surface area contributed by atoms with Gasteiger partial charge in [-0.3, -0.25) is 19.1 Å². The molecule has 0 unspecified atom stereocenters. The molecule has 4 rings (SSSR count). The quantitative estimate of drug-likeness (QED) is 0.500. The number of thioether (sulfide) groups is 1. The number of nitrogens with zero attached hydrogens (tertiary/aromatic N) is 4. The average Bonchev–Trinajstić information content (AvgIpc) is 3.43. The second kappa shape index (κ2) is 9.92. The number of carbonyl (C=O) groups excluding carboxylic acids is 1. The predicted molar refractivity (Wildman–Crippen MR) is 135 cm³/mol. The van der Waals surface area contributed by atoms with E-state index in [1.165, 1.54) is 41.1 Å². The summed E-state index contributed by atoms with van der Waals surface area (Å²) in [5.74, 6) is -0.253. The Kier molecular flexibility index (Phi) is 6.97. The third-order valence-corrected chi connectivity index (χ3v) is 7.41. The van der Waals surface area contributed by atoms with Crippen LogP contribution in [0.15, 0.2) is 45.1 Å². The van der Waals surface area contributed by atoms with Crippen molar-refractivity contribution in [2.45, 2.75) is 57.3 Å². The molecule has 2 aromatic heterocycles. The summed E-state index contributed by atoms with van der Waals surface area (Å²) in [6.45, 7) is 4.23. The molecule has 9 nitrogen and oxygen atoms in total. The molecule has 0 radical (unpaired) electrons. The number of hydrogen-bond acceptors (Lipinski definition) is 6. The van der Waals surface area contributed by atoms with Gasteiger partial charge in [-0.15, -0.1) is 0 Å². The smallest absolute Gasteiger partial charge is 0.330 e. The number of nitrogens with one attached hydrogen (secondary N) is 1. The summed E-state index contributed by atoms with van der Waals surface area (Å²) < 4.78 is 3.52. The molecule has 2 heterocycles. The highest BCUT2D eigenvalue weighted by Gasteiger charge is 2.25. The Bertz CT molecular complexity index is 1300. The summed E-state index contributed by atoms with van der Waals surface area (Å²) >= 11 is 1.36. The summed E-state index contributed by atoms with van der Waals surface area (Å²) in [7, 11) is 1.50. The first kappa shape index (κ1) is 23.9. The van der Waals surface area contributed by atoms with Gasteiger partial charge in [0.15, 0.2) is 10.8 Å². The van der Waals surface area contributed by atoms with Crippen LogP contribution in [0.5, 0.6) is 0 Å². The van der Waals surface area contributed by atoms with Crippen molar-refractivity contribution in [3.8, 4) is 0 Å². The molecule has 180 valence electrons. The Morgan fingerprint density at radius 1 is 1.21 bits per heavy atom. The number of imidazole rings is 1. The number of carbonyl (C=O) groups is 1. The number of hydrogen-bond donors (Lipinski definition) is 2. The number of aryl methyl sites for hydroxylation is 1. The van der Waals surface area contributed by atoms with E-state index in [2.05, 4.69) is 21.5 Å². The topological polar surface area (TPSA) is 119 Å². The largest absolute Gasteiger partial charge is 0.383 e. The number of benzene rings is 1. The zero-order valence-electron chi connectivity index (χ0n) is 19.7. The van der Waals surface area contributed by atoms with E-state index in [0.717, 1.165) is 34.9 Å². The van der Waals surface area contributed by atoms with Gasteiger partial charge in [-0.05, 0) is 32.3 Å². The monoisotopic (exact) mass is 482 g/mol. The van der Waals surface area contributed by atoms with Gasteiger partial charge in [0.1, 0.15) is 5.82 Å². The van der Waals surface area contributed by atoms with Crippen molar-refractivity contribution in [3.63, 3.8) is 0 Å². The SMILES string of the molecule is Cc1nc(SCC(=O)N(C)c2c(N)n(Cc3ccccc3)c(=O)[nH]c2=O)n(C2CCCC2)c1C. The average molecular weight is 483 g/mol. The lowest BCUT2D eigenvalue weighted by molar-refractivity contribution is -0.115. The molecule has 3 N–H and O–H groups in total. The maximum Gasteiger partial charge on any atom is 0.330 e. The molecule has 1 amide bonds. The summed E-state index contributed by atoms with van der Waals surface area (Å²) in [6, 6.07) is 9.72. The number of rotatable bonds is 7. The van der Waals surface area contributed by atoms with Gasteiger partial charge < -0.3 is 15.2 Å². The molecule has 3 aromatic rings.